The first-order chi connectivity index (χ1) is 18.8. The van der Waals surface area contributed by atoms with Crippen molar-refractivity contribution in [2.75, 3.05) is 7.05 Å². The number of alkyl halides is 3. The Bertz CT molecular complexity index is 1380. The number of benzene rings is 1. The zero-order chi connectivity index (χ0) is 28.6. The van der Waals surface area contributed by atoms with Crippen molar-refractivity contribution < 1.29 is 22.8 Å². The van der Waals surface area contributed by atoms with Crippen molar-refractivity contribution in [3.05, 3.63) is 41.7 Å². The third-order valence-corrected chi connectivity index (χ3v) is 11.5. The molecule has 6 rings (SSSR count). The molecule has 1 N–H and O–H groups in total. The predicted octanol–water partition coefficient (Wildman–Crippen LogP) is 5.85. The van der Waals surface area contributed by atoms with Gasteiger partial charge in [-0.2, -0.15) is 13.2 Å². The molecule has 0 unspecified atom stereocenters. The van der Waals surface area contributed by atoms with Gasteiger partial charge >= 0.3 is 6.18 Å². The second kappa shape index (κ2) is 9.35. The van der Waals surface area contributed by atoms with E-state index in [1.54, 1.807) is 17.7 Å². The van der Waals surface area contributed by atoms with Crippen LogP contribution in [0.5, 0.6) is 0 Å². The lowest BCUT2D eigenvalue weighted by Crippen LogP contribution is -2.59. The lowest BCUT2D eigenvalue weighted by atomic mass is 9.47. The molecule has 2 amide bonds. The molecule has 40 heavy (non-hydrogen) atoms. The summed E-state index contributed by atoms with van der Waals surface area (Å²) in [6.07, 6.45) is 6.57. The highest BCUT2D eigenvalue weighted by atomic mass is 19.4. The van der Waals surface area contributed by atoms with E-state index >= 15 is 0 Å². The minimum atomic E-state index is -4.42. The van der Waals surface area contributed by atoms with Gasteiger partial charge in [-0.3, -0.25) is 9.59 Å². The maximum absolute atomic E-state index is 13.1. The van der Waals surface area contributed by atoms with Gasteiger partial charge in [0.25, 0.3) is 0 Å². The molecular formula is C31H39F3N4O2. The molecule has 2 aromatic rings. The molecular weight excluding hydrogens is 517 g/mol. The molecule has 1 aromatic heterocycles. The number of nitrogens with one attached hydrogen (secondary N) is 1. The second-order valence-electron chi connectivity index (χ2n) is 13.2. The summed E-state index contributed by atoms with van der Waals surface area (Å²) in [4.78, 5) is 31.8. The molecule has 4 aliphatic rings. The van der Waals surface area contributed by atoms with E-state index in [9.17, 15) is 22.8 Å². The Kier molecular flexibility index (Phi) is 6.39. The summed E-state index contributed by atoms with van der Waals surface area (Å²) >= 11 is 0. The third kappa shape index (κ3) is 4.17. The van der Waals surface area contributed by atoms with Gasteiger partial charge in [-0.1, -0.05) is 19.9 Å². The molecule has 1 aliphatic heterocycles. The third-order valence-electron chi connectivity index (χ3n) is 11.5. The van der Waals surface area contributed by atoms with Crippen LogP contribution in [0.15, 0.2) is 30.4 Å². The number of hydrogen-bond donors (Lipinski definition) is 1. The van der Waals surface area contributed by atoms with Gasteiger partial charge in [0.05, 0.1) is 23.1 Å². The lowest BCUT2D eigenvalue weighted by Gasteiger charge is -2.60. The van der Waals surface area contributed by atoms with Crippen LogP contribution in [0, 0.1) is 34.5 Å². The Morgan fingerprint density at radius 1 is 1.10 bits per heavy atom. The van der Waals surface area contributed by atoms with E-state index in [0.717, 1.165) is 50.7 Å². The number of likely N-dealkylation sites (N-methyl/N-ethyl adjacent to an activating group) is 1. The van der Waals surface area contributed by atoms with Gasteiger partial charge in [-0.25, -0.2) is 4.98 Å². The van der Waals surface area contributed by atoms with Crippen LogP contribution < -0.4 is 5.32 Å². The van der Waals surface area contributed by atoms with E-state index < -0.39 is 11.7 Å². The topological polar surface area (TPSA) is 67.2 Å². The van der Waals surface area contributed by atoms with Gasteiger partial charge in [0, 0.05) is 32.0 Å². The number of rotatable bonds is 4. The van der Waals surface area contributed by atoms with Crippen molar-refractivity contribution in [3.63, 3.8) is 0 Å². The van der Waals surface area contributed by atoms with E-state index in [0.29, 0.717) is 41.4 Å². The monoisotopic (exact) mass is 556 g/mol. The molecule has 3 saturated carbocycles. The zero-order valence-corrected chi connectivity index (χ0v) is 23.7. The van der Waals surface area contributed by atoms with Crippen LogP contribution in [-0.2, 0) is 29.4 Å². The van der Waals surface area contributed by atoms with Gasteiger partial charge < -0.3 is 14.8 Å². The Morgan fingerprint density at radius 3 is 2.62 bits per heavy atom. The highest BCUT2D eigenvalue weighted by Gasteiger charge is 2.60. The quantitative estimate of drug-likeness (QED) is 0.514. The number of amides is 2. The maximum atomic E-state index is 13.1. The normalized spacial score (nSPS) is 35.4. The van der Waals surface area contributed by atoms with Crippen LogP contribution in [0.25, 0.3) is 11.0 Å². The van der Waals surface area contributed by atoms with Crippen LogP contribution in [0.1, 0.15) is 70.2 Å². The standard InChI is InChI=1S/C31H39F3N4O2/c1-29-13-11-22-20(7-10-25-30(22,2)14-12-28(40)38(25)4)21(29)8-5-18(29)16-27(39)35-17-26-36-23-15-19(31(32,33)34)6-9-24(23)37(26)3/h6,9,12,14-15,18,20-22,25H,5,7-8,10-11,13,16-17H2,1-4H3,(H,35,39)/t18-,20+,21+,22+,25-,29-,30-/m1/s1. The summed E-state index contributed by atoms with van der Waals surface area (Å²) in [5.41, 5.74) is 0.279. The molecule has 2 heterocycles. The molecule has 1 aromatic carbocycles. The Morgan fingerprint density at radius 2 is 1.88 bits per heavy atom. The van der Waals surface area contributed by atoms with Gasteiger partial charge in [-0.05, 0) is 91.9 Å². The highest BCUT2D eigenvalue weighted by molar-refractivity contribution is 5.89. The van der Waals surface area contributed by atoms with Crippen LogP contribution in [0.4, 0.5) is 13.2 Å². The number of aromatic nitrogens is 2. The molecule has 0 spiro atoms. The lowest BCUT2D eigenvalue weighted by molar-refractivity contribution is -0.139. The number of fused-ring (bicyclic) bond motifs is 6. The van der Waals surface area contributed by atoms with Crippen LogP contribution >= 0.6 is 0 Å². The van der Waals surface area contributed by atoms with Crippen molar-refractivity contribution in [2.45, 2.75) is 77.6 Å². The van der Waals surface area contributed by atoms with Crippen LogP contribution in [-0.4, -0.2) is 39.4 Å². The van der Waals surface area contributed by atoms with E-state index in [1.165, 1.54) is 6.07 Å². The summed E-state index contributed by atoms with van der Waals surface area (Å²) < 4.78 is 41.1. The molecule has 0 saturated heterocycles. The second-order valence-corrected chi connectivity index (χ2v) is 13.2. The van der Waals surface area contributed by atoms with Crippen molar-refractivity contribution in [2.24, 2.45) is 41.5 Å². The summed E-state index contributed by atoms with van der Waals surface area (Å²) in [5, 5.41) is 3.00. The number of carbonyl (C=O) groups excluding carboxylic acids is 2. The molecule has 3 fully saturated rings. The van der Waals surface area contributed by atoms with E-state index in [2.05, 4.69) is 30.2 Å². The number of halogens is 3. The number of nitrogens with zero attached hydrogens (tertiary/aromatic N) is 3. The summed E-state index contributed by atoms with van der Waals surface area (Å²) in [7, 11) is 3.70. The largest absolute Gasteiger partial charge is 0.416 e. The van der Waals surface area contributed by atoms with E-state index in [4.69, 9.17) is 0 Å². The zero-order valence-electron chi connectivity index (χ0n) is 23.7. The van der Waals surface area contributed by atoms with E-state index in [-0.39, 0.29) is 40.7 Å². The van der Waals surface area contributed by atoms with Gasteiger partial charge in [0.1, 0.15) is 5.82 Å². The summed E-state index contributed by atoms with van der Waals surface area (Å²) in [6, 6.07) is 3.82. The van der Waals surface area contributed by atoms with E-state index in [1.807, 2.05) is 11.9 Å². The first kappa shape index (κ1) is 27.3. The molecule has 216 valence electrons. The van der Waals surface area contributed by atoms with Gasteiger partial charge in [0.15, 0.2) is 0 Å². The average molecular weight is 557 g/mol. The fourth-order valence-corrected chi connectivity index (χ4v) is 9.24. The molecule has 7 atom stereocenters. The van der Waals surface area contributed by atoms with Crippen LogP contribution in [0.2, 0.25) is 0 Å². The molecule has 0 radical (unpaired) electrons. The first-order valence-corrected chi connectivity index (χ1v) is 14.6. The Labute approximate surface area is 233 Å². The Hall–Kier alpha value is -2.84. The van der Waals surface area contributed by atoms with Crippen molar-refractivity contribution >= 4 is 22.8 Å². The molecule has 9 heteroatoms. The SMILES string of the molecule is CN1C(=O)C=C[C@]2(C)[C@H]3CC[C@]4(C)[C@@H](CC(=O)NCc5nc6cc(C(F)(F)F)ccc6n5C)CC[C@H]4[C@@H]3CC[C@@H]12. The smallest absolute Gasteiger partial charge is 0.349 e. The van der Waals surface area contributed by atoms with Gasteiger partial charge in [0.2, 0.25) is 11.8 Å². The fraction of sp³-hybridized carbons (Fsp3) is 0.645. The average Bonchev–Trinajstić information content (AvgIpc) is 3.40. The predicted molar refractivity (Wildman–Crippen MR) is 146 cm³/mol. The number of imidazole rings is 1. The summed E-state index contributed by atoms with van der Waals surface area (Å²) in [5.74, 6) is 2.68. The van der Waals surface area contributed by atoms with Crippen molar-refractivity contribution in [1.82, 2.24) is 19.8 Å². The number of carbonyl (C=O) groups is 2. The van der Waals surface area contributed by atoms with Crippen molar-refractivity contribution in [3.8, 4) is 0 Å². The highest BCUT2D eigenvalue weighted by Crippen LogP contribution is 2.66. The fourth-order valence-electron chi connectivity index (χ4n) is 9.24. The molecule has 6 nitrogen and oxygen atoms in total. The molecule has 0 bridgehead atoms. The molecule has 3 aliphatic carbocycles. The minimum Gasteiger partial charge on any atom is -0.349 e. The Balaban J connectivity index is 1.12. The summed E-state index contributed by atoms with van der Waals surface area (Å²) in [6.45, 7) is 4.92. The first-order valence-electron chi connectivity index (χ1n) is 14.6. The maximum Gasteiger partial charge on any atom is 0.416 e. The number of aryl methyl sites for hydroxylation is 1. The van der Waals surface area contributed by atoms with Gasteiger partial charge in [-0.15, -0.1) is 0 Å². The minimum absolute atomic E-state index is 0.00877. The van der Waals surface area contributed by atoms with Crippen LogP contribution in [0.3, 0.4) is 0 Å². The van der Waals surface area contributed by atoms with Crippen molar-refractivity contribution in [1.29, 1.82) is 0 Å². The number of hydrogen-bond acceptors (Lipinski definition) is 3.